The number of hydrogen-bond donors (Lipinski definition) is 1. The predicted octanol–water partition coefficient (Wildman–Crippen LogP) is 1.17. The van der Waals surface area contributed by atoms with Crippen molar-refractivity contribution in [1.82, 2.24) is 15.1 Å². The van der Waals surface area contributed by atoms with Crippen LogP contribution in [-0.2, 0) is 4.74 Å². The van der Waals surface area contributed by atoms with Gasteiger partial charge in [0.1, 0.15) is 0 Å². The Kier molecular flexibility index (Phi) is 5.32. The molecule has 0 bridgehead atoms. The second-order valence-corrected chi connectivity index (χ2v) is 6.82. The van der Waals surface area contributed by atoms with Crippen LogP contribution in [0.2, 0.25) is 0 Å². The highest BCUT2D eigenvalue weighted by atomic mass is 16.5. The van der Waals surface area contributed by atoms with Gasteiger partial charge in [0.25, 0.3) is 0 Å². The van der Waals surface area contributed by atoms with E-state index in [1.807, 2.05) is 0 Å². The molecule has 3 aliphatic heterocycles. The molecule has 0 aromatic carbocycles. The van der Waals surface area contributed by atoms with Crippen molar-refractivity contribution in [3.05, 3.63) is 0 Å². The zero-order valence-electron chi connectivity index (χ0n) is 13.0. The molecule has 0 saturated carbocycles. The fourth-order valence-electron chi connectivity index (χ4n) is 4.18. The van der Waals surface area contributed by atoms with Gasteiger partial charge in [0.05, 0.1) is 6.61 Å². The van der Waals surface area contributed by atoms with Gasteiger partial charge in [0, 0.05) is 37.7 Å². The number of hydrogen-bond acceptors (Lipinski definition) is 4. The van der Waals surface area contributed by atoms with Gasteiger partial charge in [0.2, 0.25) is 0 Å². The standard InChI is InChI=1S/C16H31N3O/c1-17-16(14-6-10-20-13-14)12-18-9-5-15(11-18)19-7-3-2-4-8-19/h14-17H,2-13H2,1H3. The van der Waals surface area contributed by atoms with Crippen LogP contribution < -0.4 is 5.32 Å². The molecule has 20 heavy (non-hydrogen) atoms. The lowest BCUT2D eigenvalue weighted by Crippen LogP contribution is -2.45. The van der Waals surface area contributed by atoms with E-state index in [0.29, 0.717) is 12.0 Å². The van der Waals surface area contributed by atoms with Gasteiger partial charge in [-0.05, 0) is 52.4 Å². The fraction of sp³-hybridized carbons (Fsp3) is 1.00. The Morgan fingerprint density at radius 3 is 2.70 bits per heavy atom. The average molecular weight is 281 g/mol. The normalized spacial score (nSPS) is 34.6. The minimum Gasteiger partial charge on any atom is -0.381 e. The van der Waals surface area contributed by atoms with Crippen molar-refractivity contribution in [1.29, 1.82) is 0 Å². The topological polar surface area (TPSA) is 27.7 Å². The van der Waals surface area contributed by atoms with Gasteiger partial charge in [-0.25, -0.2) is 0 Å². The summed E-state index contributed by atoms with van der Waals surface area (Å²) in [6.45, 7) is 8.36. The van der Waals surface area contributed by atoms with Crippen LogP contribution in [0.3, 0.4) is 0 Å². The van der Waals surface area contributed by atoms with Crippen LogP contribution in [0.25, 0.3) is 0 Å². The van der Waals surface area contributed by atoms with E-state index in [-0.39, 0.29) is 0 Å². The van der Waals surface area contributed by atoms with E-state index >= 15 is 0 Å². The Balaban J connectivity index is 1.46. The first-order valence-corrected chi connectivity index (χ1v) is 8.58. The molecule has 3 atom stereocenters. The van der Waals surface area contributed by atoms with E-state index < -0.39 is 0 Å². The molecule has 3 fully saturated rings. The molecule has 0 aliphatic carbocycles. The van der Waals surface area contributed by atoms with Crippen LogP contribution in [0.1, 0.15) is 32.1 Å². The molecule has 0 aromatic heterocycles. The summed E-state index contributed by atoms with van der Waals surface area (Å²) in [5.74, 6) is 0.717. The third-order valence-electron chi connectivity index (χ3n) is 5.51. The first-order chi connectivity index (χ1) is 9.86. The lowest BCUT2D eigenvalue weighted by Gasteiger charge is -2.33. The van der Waals surface area contributed by atoms with Crippen LogP contribution in [0.5, 0.6) is 0 Å². The molecule has 0 amide bonds. The number of nitrogens with zero attached hydrogens (tertiary/aromatic N) is 2. The average Bonchev–Trinajstić information content (AvgIpc) is 3.17. The highest BCUT2D eigenvalue weighted by Crippen LogP contribution is 2.22. The third-order valence-corrected chi connectivity index (χ3v) is 5.51. The Hall–Kier alpha value is -0.160. The van der Waals surface area contributed by atoms with Crippen LogP contribution >= 0.6 is 0 Å². The maximum atomic E-state index is 5.55. The Bertz CT molecular complexity index is 287. The van der Waals surface area contributed by atoms with Crippen LogP contribution in [0.15, 0.2) is 0 Å². The molecule has 3 aliphatic rings. The van der Waals surface area contributed by atoms with Gasteiger partial charge in [-0.2, -0.15) is 0 Å². The fourth-order valence-corrected chi connectivity index (χ4v) is 4.18. The molecule has 0 radical (unpaired) electrons. The number of likely N-dealkylation sites (tertiary alicyclic amines) is 2. The van der Waals surface area contributed by atoms with Crippen LogP contribution in [0.4, 0.5) is 0 Å². The van der Waals surface area contributed by atoms with Gasteiger partial charge in [-0.3, -0.25) is 4.90 Å². The molecule has 3 rings (SSSR count). The van der Waals surface area contributed by atoms with Crippen molar-refractivity contribution >= 4 is 0 Å². The number of rotatable bonds is 5. The Morgan fingerprint density at radius 1 is 1.15 bits per heavy atom. The number of likely N-dealkylation sites (N-methyl/N-ethyl adjacent to an activating group) is 1. The first kappa shape index (κ1) is 14.8. The summed E-state index contributed by atoms with van der Waals surface area (Å²) < 4.78 is 5.55. The minimum absolute atomic E-state index is 0.609. The number of ether oxygens (including phenoxy) is 1. The van der Waals surface area contributed by atoms with E-state index in [1.165, 1.54) is 64.8 Å². The van der Waals surface area contributed by atoms with Crippen molar-refractivity contribution < 1.29 is 4.74 Å². The smallest absolute Gasteiger partial charge is 0.0510 e. The summed E-state index contributed by atoms with van der Waals surface area (Å²) >= 11 is 0. The summed E-state index contributed by atoms with van der Waals surface area (Å²) in [7, 11) is 2.11. The lowest BCUT2D eigenvalue weighted by atomic mass is 9.99. The SMILES string of the molecule is CNC(CN1CCC(N2CCCCC2)C1)C1CCOC1. The van der Waals surface area contributed by atoms with Crippen molar-refractivity contribution in [2.24, 2.45) is 5.92 Å². The molecule has 0 aromatic rings. The summed E-state index contributed by atoms with van der Waals surface area (Å²) in [6, 6.07) is 1.44. The van der Waals surface area contributed by atoms with Gasteiger partial charge in [0.15, 0.2) is 0 Å². The summed E-state index contributed by atoms with van der Waals surface area (Å²) in [5, 5.41) is 3.53. The van der Waals surface area contributed by atoms with Crippen molar-refractivity contribution in [3.63, 3.8) is 0 Å². The van der Waals surface area contributed by atoms with Crippen LogP contribution in [0, 0.1) is 5.92 Å². The number of piperidine rings is 1. The molecular formula is C16H31N3O. The molecule has 116 valence electrons. The largest absolute Gasteiger partial charge is 0.381 e. The maximum Gasteiger partial charge on any atom is 0.0510 e. The van der Waals surface area contributed by atoms with E-state index in [4.69, 9.17) is 4.74 Å². The molecule has 3 unspecified atom stereocenters. The summed E-state index contributed by atoms with van der Waals surface area (Å²) in [5.41, 5.74) is 0. The zero-order chi connectivity index (χ0) is 13.8. The zero-order valence-corrected chi connectivity index (χ0v) is 13.0. The summed E-state index contributed by atoms with van der Waals surface area (Å²) in [6.07, 6.45) is 6.87. The van der Waals surface area contributed by atoms with Crippen LogP contribution in [-0.4, -0.2) is 74.9 Å². The van der Waals surface area contributed by atoms with Crippen molar-refractivity contribution in [2.45, 2.75) is 44.2 Å². The third kappa shape index (κ3) is 3.53. The quantitative estimate of drug-likeness (QED) is 0.819. The minimum atomic E-state index is 0.609. The van der Waals surface area contributed by atoms with Gasteiger partial charge in [-0.1, -0.05) is 6.42 Å². The Morgan fingerprint density at radius 2 is 2.00 bits per heavy atom. The summed E-state index contributed by atoms with van der Waals surface area (Å²) in [4.78, 5) is 5.43. The molecule has 0 spiro atoms. The second-order valence-electron chi connectivity index (χ2n) is 6.82. The Labute approximate surface area is 123 Å². The van der Waals surface area contributed by atoms with Gasteiger partial charge >= 0.3 is 0 Å². The van der Waals surface area contributed by atoms with Crippen molar-refractivity contribution in [2.75, 3.05) is 53.0 Å². The molecule has 3 saturated heterocycles. The molecule has 3 heterocycles. The molecule has 4 heteroatoms. The van der Waals surface area contributed by atoms with E-state index in [2.05, 4.69) is 22.2 Å². The van der Waals surface area contributed by atoms with E-state index in [1.54, 1.807) is 0 Å². The highest BCUT2D eigenvalue weighted by molar-refractivity contribution is 4.88. The van der Waals surface area contributed by atoms with Gasteiger partial charge in [-0.15, -0.1) is 0 Å². The maximum absolute atomic E-state index is 5.55. The second kappa shape index (κ2) is 7.21. The predicted molar refractivity (Wildman–Crippen MR) is 82.0 cm³/mol. The number of nitrogens with one attached hydrogen (secondary N) is 1. The first-order valence-electron chi connectivity index (χ1n) is 8.58. The molecule has 1 N–H and O–H groups in total. The monoisotopic (exact) mass is 281 g/mol. The highest BCUT2D eigenvalue weighted by Gasteiger charge is 2.32. The van der Waals surface area contributed by atoms with Gasteiger partial charge < -0.3 is 15.0 Å². The van der Waals surface area contributed by atoms with E-state index in [9.17, 15) is 0 Å². The molecule has 4 nitrogen and oxygen atoms in total. The lowest BCUT2D eigenvalue weighted by molar-refractivity contribution is 0.151. The van der Waals surface area contributed by atoms with E-state index in [0.717, 1.165) is 19.3 Å². The molecular weight excluding hydrogens is 250 g/mol. The van der Waals surface area contributed by atoms with Crippen molar-refractivity contribution in [3.8, 4) is 0 Å².